The van der Waals surface area contributed by atoms with Crippen molar-refractivity contribution in [2.45, 2.75) is 71.6 Å². The normalized spacial score (nSPS) is 21.6. The fourth-order valence-electron chi connectivity index (χ4n) is 4.73. The minimum absolute atomic E-state index is 0.0742. The van der Waals surface area contributed by atoms with Gasteiger partial charge in [-0.1, -0.05) is 36.4 Å². The van der Waals surface area contributed by atoms with Crippen molar-refractivity contribution in [3.63, 3.8) is 0 Å². The minimum atomic E-state index is -2.99. The largest absolute Gasteiger partial charge is 0.337 e. The molecule has 2 aromatic carbocycles. The first-order valence-electron chi connectivity index (χ1n) is 10.5. The van der Waals surface area contributed by atoms with E-state index in [1.54, 1.807) is 0 Å². The van der Waals surface area contributed by atoms with E-state index in [0.717, 1.165) is 29.0 Å². The second-order valence-electron chi connectivity index (χ2n) is 9.17. The lowest BCUT2D eigenvalue weighted by molar-refractivity contribution is -0.288. The molecule has 158 valence electrons. The fourth-order valence-corrected chi connectivity index (χ4v) is 7.24. The zero-order valence-electron chi connectivity index (χ0n) is 18.6. The van der Waals surface area contributed by atoms with E-state index in [0.29, 0.717) is 6.61 Å². The van der Waals surface area contributed by atoms with Gasteiger partial charge in [0.05, 0.1) is 6.61 Å². The van der Waals surface area contributed by atoms with Crippen molar-refractivity contribution in [2.24, 2.45) is 0 Å². The average molecular weight is 417 g/mol. The predicted octanol–water partition coefficient (Wildman–Crippen LogP) is 4.78. The van der Waals surface area contributed by atoms with Crippen molar-refractivity contribution < 1.29 is 14.3 Å². The molecule has 1 aliphatic heterocycles. The van der Waals surface area contributed by atoms with E-state index in [-0.39, 0.29) is 17.2 Å². The smallest absolute Gasteiger partial charge is 0.298 e. The van der Waals surface area contributed by atoms with Gasteiger partial charge < -0.3 is 0 Å². The monoisotopic (exact) mass is 416 g/mol. The van der Waals surface area contributed by atoms with Crippen LogP contribution in [0.3, 0.4) is 0 Å². The highest BCUT2D eigenvalue weighted by molar-refractivity contribution is 7.80. The Bertz CT molecular complexity index is 806. The summed E-state index contributed by atoms with van der Waals surface area (Å²) in [7, 11) is -2.99. The van der Waals surface area contributed by atoms with Crippen LogP contribution in [0.5, 0.6) is 0 Å². The van der Waals surface area contributed by atoms with Crippen molar-refractivity contribution in [2.75, 3.05) is 6.61 Å². The summed E-state index contributed by atoms with van der Waals surface area (Å²) in [6.45, 7) is 13.5. The molecule has 0 aromatic heterocycles. The van der Waals surface area contributed by atoms with Crippen LogP contribution in [-0.4, -0.2) is 33.7 Å². The van der Waals surface area contributed by atoms with Crippen molar-refractivity contribution in [3.05, 3.63) is 60.2 Å². The number of hydrogen-bond acceptors (Lipinski definition) is 4. The third-order valence-electron chi connectivity index (χ3n) is 5.66. The second-order valence-corrected chi connectivity index (χ2v) is 11.5. The van der Waals surface area contributed by atoms with Gasteiger partial charge in [0.25, 0.3) is 0 Å². The van der Waals surface area contributed by atoms with Gasteiger partial charge in [-0.15, -0.1) is 0 Å². The molecule has 0 spiro atoms. The lowest BCUT2D eigenvalue weighted by atomic mass is 9.80. The summed E-state index contributed by atoms with van der Waals surface area (Å²) in [5.74, 6) is 0. The zero-order chi connectivity index (χ0) is 21.3. The first-order valence-corrected chi connectivity index (χ1v) is 12.1. The third kappa shape index (κ3) is 4.57. The Hall–Kier alpha value is -1.29. The predicted molar refractivity (Wildman–Crippen MR) is 122 cm³/mol. The molecule has 1 saturated heterocycles. The average Bonchev–Trinajstić information content (AvgIpc) is 2.65. The standard InChI is InChI=1S/C24H35NO3P/c1-7-27-25-23(3,4)17-20(18-24(25,5)6)28-29(26,21-14-9-8-10-15-21)22-16-12-11-13-19(22)2/h8-16,20,26H,7,17-18H2,1-6H3/q+1. The van der Waals surface area contributed by atoms with Gasteiger partial charge in [-0.2, -0.15) is 9.59 Å². The third-order valence-corrected chi connectivity index (χ3v) is 8.42. The molecule has 3 rings (SSSR count). The lowest BCUT2D eigenvalue weighted by Gasteiger charge is -2.53. The zero-order valence-corrected chi connectivity index (χ0v) is 19.4. The van der Waals surface area contributed by atoms with Crippen molar-refractivity contribution in [3.8, 4) is 0 Å². The van der Waals surface area contributed by atoms with Crippen LogP contribution < -0.4 is 10.6 Å². The molecule has 5 heteroatoms. The first-order chi connectivity index (χ1) is 13.6. The van der Waals surface area contributed by atoms with Gasteiger partial charge in [0, 0.05) is 11.1 Å². The van der Waals surface area contributed by atoms with Gasteiger partial charge in [0.1, 0.15) is 6.10 Å². The van der Waals surface area contributed by atoms with Crippen LogP contribution in [0.15, 0.2) is 54.6 Å². The van der Waals surface area contributed by atoms with E-state index in [1.165, 1.54) is 0 Å². The summed E-state index contributed by atoms with van der Waals surface area (Å²) < 4.78 is 6.71. The SMILES string of the molecule is CCON1C(C)(C)CC(O[P+](O)(c2ccccc2)c2ccccc2C)CC1(C)C. The number of benzene rings is 2. The van der Waals surface area contributed by atoms with E-state index in [1.807, 2.05) is 68.4 Å². The van der Waals surface area contributed by atoms with E-state index >= 15 is 0 Å². The number of nitrogens with zero attached hydrogens (tertiary/aromatic N) is 1. The van der Waals surface area contributed by atoms with Gasteiger partial charge in [-0.05, 0) is 78.1 Å². The Labute approximate surface area is 176 Å². The molecule has 1 heterocycles. The molecule has 1 unspecified atom stereocenters. The molecule has 2 aromatic rings. The summed E-state index contributed by atoms with van der Waals surface area (Å²) in [6, 6.07) is 17.9. The number of rotatable bonds is 6. The van der Waals surface area contributed by atoms with Gasteiger partial charge in [-0.3, -0.25) is 4.84 Å². The van der Waals surface area contributed by atoms with E-state index in [4.69, 9.17) is 9.36 Å². The maximum Gasteiger partial charge on any atom is 0.337 e. The van der Waals surface area contributed by atoms with Crippen LogP contribution in [0.2, 0.25) is 0 Å². The molecule has 0 amide bonds. The highest BCUT2D eigenvalue weighted by Gasteiger charge is 2.53. The van der Waals surface area contributed by atoms with Gasteiger partial charge in [0.15, 0.2) is 10.6 Å². The van der Waals surface area contributed by atoms with E-state index < -0.39 is 7.72 Å². The summed E-state index contributed by atoms with van der Waals surface area (Å²) in [5, 5.41) is 3.87. The van der Waals surface area contributed by atoms with Crippen LogP contribution in [0.1, 0.15) is 53.0 Å². The number of hydrogen-bond donors (Lipinski definition) is 1. The van der Waals surface area contributed by atoms with E-state index in [9.17, 15) is 4.89 Å². The molecule has 0 aliphatic carbocycles. The van der Waals surface area contributed by atoms with Crippen LogP contribution in [0.4, 0.5) is 0 Å². The Morgan fingerprint density at radius 1 is 0.966 bits per heavy atom. The highest BCUT2D eigenvalue weighted by atomic mass is 31.2. The molecular weight excluding hydrogens is 381 g/mol. The fraction of sp³-hybridized carbons (Fsp3) is 0.500. The molecule has 29 heavy (non-hydrogen) atoms. The maximum atomic E-state index is 12.0. The number of hydroxylamine groups is 2. The Morgan fingerprint density at radius 2 is 1.52 bits per heavy atom. The topological polar surface area (TPSA) is 41.9 Å². The first kappa shape index (κ1) is 22.4. The molecule has 1 N–H and O–H groups in total. The summed E-state index contributed by atoms with van der Waals surface area (Å²) >= 11 is 0. The van der Waals surface area contributed by atoms with Crippen LogP contribution in [0, 0.1) is 6.92 Å². The van der Waals surface area contributed by atoms with Gasteiger partial charge in [-0.25, -0.2) is 4.89 Å². The molecule has 1 fully saturated rings. The Morgan fingerprint density at radius 3 is 2.07 bits per heavy atom. The van der Waals surface area contributed by atoms with Crippen molar-refractivity contribution in [1.29, 1.82) is 0 Å². The molecule has 0 bridgehead atoms. The minimum Gasteiger partial charge on any atom is -0.298 e. The number of aryl methyl sites for hydroxylation is 1. The molecule has 1 atom stereocenters. The molecule has 0 saturated carbocycles. The van der Waals surface area contributed by atoms with Gasteiger partial charge >= 0.3 is 7.72 Å². The summed E-state index contributed by atoms with van der Waals surface area (Å²) in [5.41, 5.74) is 0.656. The van der Waals surface area contributed by atoms with E-state index in [2.05, 4.69) is 32.8 Å². The van der Waals surface area contributed by atoms with Crippen LogP contribution in [0.25, 0.3) is 0 Å². The summed E-state index contributed by atoms with van der Waals surface area (Å²) in [4.78, 5) is 18.0. The van der Waals surface area contributed by atoms with Gasteiger partial charge in [0.2, 0.25) is 0 Å². The highest BCUT2D eigenvalue weighted by Crippen LogP contribution is 2.57. The molecular formula is C24H35NO3P+. The molecule has 4 nitrogen and oxygen atoms in total. The lowest BCUT2D eigenvalue weighted by Crippen LogP contribution is -2.62. The Balaban J connectivity index is 1.99. The second kappa shape index (κ2) is 8.45. The van der Waals surface area contributed by atoms with Crippen molar-refractivity contribution >= 4 is 18.3 Å². The molecule has 0 radical (unpaired) electrons. The Kier molecular flexibility index (Phi) is 6.53. The number of piperidine rings is 1. The maximum absolute atomic E-state index is 12.0. The quantitative estimate of drug-likeness (QED) is 0.689. The van der Waals surface area contributed by atoms with Crippen LogP contribution >= 0.6 is 7.72 Å². The molecule has 1 aliphatic rings. The summed E-state index contributed by atoms with van der Waals surface area (Å²) in [6.07, 6.45) is 1.50. The van der Waals surface area contributed by atoms with Crippen molar-refractivity contribution in [1.82, 2.24) is 5.06 Å². The van der Waals surface area contributed by atoms with Crippen LogP contribution in [-0.2, 0) is 9.36 Å².